The summed E-state index contributed by atoms with van der Waals surface area (Å²) in [5, 5.41) is 14.6. The second-order valence-corrected chi connectivity index (χ2v) is 10.0. The summed E-state index contributed by atoms with van der Waals surface area (Å²) in [6.45, 7) is 5.88. The van der Waals surface area contributed by atoms with Gasteiger partial charge in [-0.3, -0.25) is 14.5 Å². The average Bonchev–Trinajstić information content (AvgIpc) is 3.50. The number of aromatic nitrogens is 3. The molecular formula is C26H32F3N5O3. The molecule has 0 bridgehead atoms. The van der Waals surface area contributed by atoms with E-state index < -0.39 is 18.7 Å². The first-order valence-electron chi connectivity index (χ1n) is 12.7. The molecule has 2 aliphatic rings. The molecule has 37 heavy (non-hydrogen) atoms. The normalized spacial score (nSPS) is 19.5. The van der Waals surface area contributed by atoms with Gasteiger partial charge in [0.15, 0.2) is 0 Å². The Morgan fingerprint density at radius 2 is 1.92 bits per heavy atom. The summed E-state index contributed by atoms with van der Waals surface area (Å²) >= 11 is 0. The van der Waals surface area contributed by atoms with Crippen LogP contribution in [-0.2, 0) is 4.74 Å². The smallest absolute Gasteiger partial charge is 0.401 e. The third-order valence-corrected chi connectivity index (χ3v) is 7.72. The van der Waals surface area contributed by atoms with Crippen molar-refractivity contribution in [2.24, 2.45) is 0 Å². The molecule has 0 aromatic carbocycles. The molecule has 0 amide bonds. The minimum Gasteiger partial charge on any atom is -0.478 e. The van der Waals surface area contributed by atoms with Crippen molar-refractivity contribution in [3.05, 3.63) is 47.5 Å². The lowest BCUT2D eigenvalue weighted by Crippen LogP contribution is -2.49. The molecule has 200 valence electrons. The van der Waals surface area contributed by atoms with Gasteiger partial charge in [-0.1, -0.05) is 0 Å². The number of nitrogens with zero attached hydrogens (tertiary/aromatic N) is 5. The summed E-state index contributed by atoms with van der Waals surface area (Å²) in [6, 6.07) is 3.78. The molecule has 11 heteroatoms. The first-order valence-corrected chi connectivity index (χ1v) is 12.7. The maximum Gasteiger partial charge on any atom is 0.401 e. The SMILES string of the molecule is Cc1c(C(=O)O)cc2c(-c3cnn(C4CCOCC4)c3)ccn2c1C(C)N1CCN(CC(F)(F)F)CC1. The van der Waals surface area contributed by atoms with Crippen molar-refractivity contribution in [2.75, 3.05) is 45.9 Å². The van der Waals surface area contributed by atoms with Crippen LogP contribution in [0.3, 0.4) is 0 Å². The van der Waals surface area contributed by atoms with E-state index in [2.05, 4.69) is 10.00 Å². The van der Waals surface area contributed by atoms with E-state index in [1.807, 2.05) is 40.7 Å². The average molecular weight is 520 g/mol. The van der Waals surface area contributed by atoms with Gasteiger partial charge in [-0.15, -0.1) is 0 Å². The Bertz CT molecular complexity index is 1270. The van der Waals surface area contributed by atoms with Crippen LogP contribution in [0.5, 0.6) is 0 Å². The van der Waals surface area contributed by atoms with E-state index in [4.69, 9.17) is 4.74 Å². The van der Waals surface area contributed by atoms with Gasteiger partial charge in [0, 0.05) is 74.6 Å². The first kappa shape index (κ1) is 25.7. The highest BCUT2D eigenvalue weighted by molar-refractivity contribution is 5.93. The molecule has 0 radical (unpaired) electrons. The van der Waals surface area contributed by atoms with Crippen LogP contribution in [0.15, 0.2) is 30.7 Å². The number of aromatic carboxylic acids is 1. The lowest BCUT2D eigenvalue weighted by atomic mass is 10.00. The standard InChI is InChI=1S/C26H32F3N5O3/c1-17-22(25(35)36)13-23-21(19-14-30-34(15-19)20-4-11-37-12-5-20)3-6-33(23)24(17)18(2)32-9-7-31(8-10-32)16-26(27,28)29/h3,6,13-15,18,20H,4-5,7-12,16H2,1-2H3,(H,35,36). The molecule has 2 aliphatic heterocycles. The predicted octanol–water partition coefficient (Wildman–Crippen LogP) is 4.40. The number of rotatable bonds is 6. The van der Waals surface area contributed by atoms with Gasteiger partial charge in [-0.25, -0.2) is 4.79 Å². The minimum absolute atomic E-state index is 0.181. The lowest BCUT2D eigenvalue weighted by molar-refractivity contribution is -0.149. The van der Waals surface area contributed by atoms with Gasteiger partial charge < -0.3 is 14.2 Å². The highest BCUT2D eigenvalue weighted by atomic mass is 19.4. The summed E-state index contributed by atoms with van der Waals surface area (Å²) in [4.78, 5) is 15.8. The Morgan fingerprint density at radius 1 is 1.22 bits per heavy atom. The molecule has 5 heterocycles. The molecule has 0 spiro atoms. The molecule has 2 fully saturated rings. The Morgan fingerprint density at radius 3 is 2.57 bits per heavy atom. The molecule has 1 N–H and O–H groups in total. The number of carbonyl (C=O) groups is 1. The van der Waals surface area contributed by atoms with Crippen molar-refractivity contribution in [2.45, 2.75) is 44.9 Å². The van der Waals surface area contributed by atoms with Crippen molar-refractivity contribution in [3.8, 4) is 11.1 Å². The zero-order valence-corrected chi connectivity index (χ0v) is 21.0. The number of ether oxygens (including phenoxy) is 1. The molecule has 0 aliphatic carbocycles. The second-order valence-electron chi connectivity index (χ2n) is 10.0. The molecule has 3 aromatic heterocycles. The van der Waals surface area contributed by atoms with Crippen LogP contribution in [0.1, 0.15) is 53.5 Å². The van der Waals surface area contributed by atoms with E-state index in [1.165, 1.54) is 4.90 Å². The van der Waals surface area contributed by atoms with Crippen LogP contribution >= 0.6 is 0 Å². The number of carboxylic acid groups (broad SMARTS) is 1. The van der Waals surface area contributed by atoms with Gasteiger partial charge in [0.1, 0.15) is 0 Å². The van der Waals surface area contributed by atoms with E-state index >= 15 is 0 Å². The lowest BCUT2D eigenvalue weighted by Gasteiger charge is -2.39. The zero-order valence-electron chi connectivity index (χ0n) is 21.0. The van der Waals surface area contributed by atoms with Crippen molar-refractivity contribution < 1.29 is 27.8 Å². The Hall–Kier alpha value is -2.89. The van der Waals surface area contributed by atoms with Gasteiger partial charge in [0.2, 0.25) is 0 Å². The zero-order chi connectivity index (χ0) is 26.3. The number of piperazine rings is 1. The Balaban J connectivity index is 1.47. The topological polar surface area (TPSA) is 75.2 Å². The van der Waals surface area contributed by atoms with Crippen LogP contribution in [0.2, 0.25) is 0 Å². The summed E-state index contributed by atoms with van der Waals surface area (Å²) < 4.78 is 48.0. The number of carboxylic acids is 1. The fourth-order valence-electron chi connectivity index (χ4n) is 5.71. The summed E-state index contributed by atoms with van der Waals surface area (Å²) in [7, 11) is 0. The molecule has 0 saturated carbocycles. The van der Waals surface area contributed by atoms with Gasteiger partial charge >= 0.3 is 12.1 Å². The van der Waals surface area contributed by atoms with Crippen molar-refractivity contribution in [1.29, 1.82) is 0 Å². The van der Waals surface area contributed by atoms with Gasteiger partial charge in [-0.05, 0) is 44.4 Å². The molecule has 1 atom stereocenters. The van der Waals surface area contributed by atoms with E-state index in [1.54, 1.807) is 13.0 Å². The Labute approximate surface area is 213 Å². The second kappa shape index (κ2) is 10.1. The molecule has 8 nitrogen and oxygen atoms in total. The third-order valence-electron chi connectivity index (χ3n) is 7.72. The fourth-order valence-corrected chi connectivity index (χ4v) is 5.71. The monoisotopic (exact) mass is 519 g/mol. The number of hydrogen-bond donors (Lipinski definition) is 1. The Kier molecular flexibility index (Phi) is 7.03. The van der Waals surface area contributed by atoms with Crippen LogP contribution < -0.4 is 0 Å². The molecule has 1 unspecified atom stereocenters. The largest absolute Gasteiger partial charge is 0.478 e. The van der Waals surface area contributed by atoms with Crippen LogP contribution in [-0.4, -0.2) is 87.2 Å². The van der Waals surface area contributed by atoms with Gasteiger partial charge in [0.05, 0.1) is 29.9 Å². The van der Waals surface area contributed by atoms with Crippen LogP contribution in [0.25, 0.3) is 16.6 Å². The van der Waals surface area contributed by atoms with E-state index in [0.717, 1.165) is 35.2 Å². The molecular weight excluding hydrogens is 487 g/mol. The fraction of sp³-hybridized carbons (Fsp3) is 0.538. The van der Waals surface area contributed by atoms with Crippen LogP contribution in [0.4, 0.5) is 13.2 Å². The van der Waals surface area contributed by atoms with Crippen molar-refractivity contribution in [1.82, 2.24) is 24.0 Å². The van der Waals surface area contributed by atoms with E-state index in [9.17, 15) is 23.1 Å². The highest BCUT2D eigenvalue weighted by Crippen LogP contribution is 2.34. The maximum atomic E-state index is 12.8. The number of fused-ring (bicyclic) bond motifs is 1. The summed E-state index contributed by atoms with van der Waals surface area (Å²) in [5.41, 5.74) is 4.29. The molecule has 2 saturated heterocycles. The first-order chi connectivity index (χ1) is 17.6. The third kappa shape index (κ3) is 5.25. The number of halogens is 3. The van der Waals surface area contributed by atoms with Gasteiger partial charge in [0.25, 0.3) is 0 Å². The number of hydrogen-bond acceptors (Lipinski definition) is 5. The van der Waals surface area contributed by atoms with Crippen LogP contribution in [0, 0.1) is 6.92 Å². The predicted molar refractivity (Wildman–Crippen MR) is 132 cm³/mol. The molecule has 3 aromatic rings. The maximum absolute atomic E-state index is 12.8. The van der Waals surface area contributed by atoms with Crippen molar-refractivity contribution in [3.63, 3.8) is 0 Å². The summed E-state index contributed by atoms with van der Waals surface area (Å²) in [5.74, 6) is -1.01. The van der Waals surface area contributed by atoms with E-state index in [0.29, 0.717) is 45.0 Å². The highest BCUT2D eigenvalue weighted by Gasteiger charge is 2.34. The number of alkyl halides is 3. The number of pyridine rings is 1. The molecule has 5 rings (SSSR count). The summed E-state index contributed by atoms with van der Waals surface area (Å²) in [6.07, 6.45) is 3.35. The van der Waals surface area contributed by atoms with Gasteiger partial charge in [-0.2, -0.15) is 18.3 Å². The minimum atomic E-state index is -4.22. The van der Waals surface area contributed by atoms with Crippen molar-refractivity contribution >= 4 is 11.5 Å². The quantitative estimate of drug-likeness (QED) is 0.520. The van der Waals surface area contributed by atoms with E-state index in [-0.39, 0.29) is 17.6 Å².